The molecule has 3 atom stereocenters. The normalized spacial score (nSPS) is 21.9. The van der Waals surface area contributed by atoms with Gasteiger partial charge in [0.2, 0.25) is 11.8 Å². The van der Waals surface area contributed by atoms with Gasteiger partial charge in [-0.15, -0.1) is 0 Å². The van der Waals surface area contributed by atoms with Gasteiger partial charge in [0.15, 0.2) is 0 Å². The van der Waals surface area contributed by atoms with E-state index in [1.165, 1.54) is 6.92 Å². The van der Waals surface area contributed by atoms with Gasteiger partial charge >= 0.3 is 12.1 Å². The molecule has 0 aromatic heterocycles. The van der Waals surface area contributed by atoms with Crippen LogP contribution in [0.15, 0.2) is 0 Å². The standard InChI is InChI=1S/C22H39N3O6/c1-7-13(2)17(25-21(30)31-22(4,5)6)19(27)23-12-15-8-10-16(11-9-15)18(26)24-14(3)20(28)29/h13-17H,7-12H2,1-6H3,(H,23,27)(H,24,26)(H,25,30)(H,28,29)/t13-,14+,15?,16?,17+/m0/s1. The number of rotatable bonds is 9. The Morgan fingerprint density at radius 3 is 2.10 bits per heavy atom. The first-order chi connectivity index (χ1) is 14.3. The van der Waals surface area contributed by atoms with Crippen LogP contribution in [-0.4, -0.2) is 53.2 Å². The lowest BCUT2D eigenvalue weighted by atomic mass is 9.81. The lowest BCUT2D eigenvalue weighted by Crippen LogP contribution is -2.52. The monoisotopic (exact) mass is 441 g/mol. The van der Waals surface area contributed by atoms with Crippen molar-refractivity contribution < 1.29 is 29.0 Å². The Labute approximate surface area is 185 Å². The molecule has 1 fully saturated rings. The predicted molar refractivity (Wildman–Crippen MR) is 116 cm³/mol. The number of carboxylic acids is 1. The van der Waals surface area contributed by atoms with E-state index >= 15 is 0 Å². The number of carbonyl (C=O) groups excluding carboxylic acids is 3. The molecule has 0 aromatic rings. The summed E-state index contributed by atoms with van der Waals surface area (Å²) in [6.45, 7) is 11.1. The van der Waals surface area contributed by atoms with Gasteiger partial charge in [-0.3, -0.25) is 14.4 Å². The van der Waals surface area contributed by atoms with Gasteiger partial charge in [0, 0.05) is 12.5 Å². The van der Waals surface area contributed by atoms with Crippen molar-refractivity contribution in [2.45, 2.75) is 91.3 Å². The molecule has 4 N–H and O–H groups in total. The summed E-state index contributed by atoms with van der Waals surface area (Å²) in [5, 5.41) is 17.1. The number of alkyl carbamates (subject to hydrolysis) is 1. The van der Waals surface area contributed by atoms with E-state index in [1.54, 1.807) is 20.8 Å². The number of carbonyl (C=O) groups is 4. The topological polar surface area (TPSA) is 134 Å². The molecule has 1 saturated carbocycles. The number of carboxylic acid groups (broad SMARTS) is 1. The van der Waals surface area contributed by atoms with Crippen LogP contribution in [0.2, 0.25) is 0 Å². The third kappa shape index (κ3) is 9.57. The van der Waals surface area contributed by atoms with E-state index in [1.807, 2.05) is 13.8 Å². The quantitative estimate of drug-likeness (QED) is 0.434. The van der Waals surface area contributed by atoms with Gasteiger partial charge < -0.3 is 25.8 Å². The maximum Gasteiger partial charge on any atom is 0.408 e. The van der Waals surface area contributed by atoms with Crippen LogP contribution in [0.4, 0.5) is 4.79 Å². The summed E-state index contributed by atoms with van der Waals surface area (Å²) in [4.78, 5) is 48.0. The van der Waals surface area contributed by atoms with Gasteiger partial charge in [0.05, 0.1) is 0 Å². The van der Waals surface area contributed by atoms with E-state index in [2.05, 4.69) is 16.0 Å². The number of aliphatic carboxylic acids is 1. The Kier molecular flexibility index (Phi) is 10.3. The second kappa shape index (κ2) is 11.9. The molecule has 1 rings (SSSR count). The average Bonchev–Trinajstić information content (AvgIpc) is 2.68. The fraction of sp³-hybridized carbons (Fsp3) is 0.818. The molecule has 0 bridgehead atoms. The molecule has 1 aliphatic carbocycles. The highest BCUT2D eigenvalue weighted by Crippen LogP contribution is 2.28. The Balaban J connectivity index is 2.51. The van der Waals surface area contributed by atoms with E-state index in [-0.39, 0.29) is 29.6 Å². The zero-order chi connectivity index (χ0) is 23.8. The number of hydrogen-bond acceptors (Lipinski definition) is 5. The number of nitrogens with one attached hydrogen (secondary N) is 3. The highest BCUT2D eigenvalue weighted by Gasteiger charge is 2.31. The Bertz CT molecular complexity index is 638. The second-order valence-electron chi connectivity index (χ2n) is 9.54. The zero-order valence-corrected chi connectivity index (χ0v) is 19.6. The molecule has 0 unspecified atom stereocenters. The number of ether oxygens (including phenoxy) is 1. The first-order valence-corrected chi connectivity index (χ1v) is 11.1. The van der Waals surface area contributed by atoms with Crippen molar-refractivity contribution in [1.29, 1.82) is 0 Å². The lowest BCUT2D eigenvalue weighted by molar-refractivity contribution is -0.142. The Hall–Kier alpha value is -2.32. The largest absolute Gasteiger partial charge is 0.480 e. The van der Waals surface area contributed by atoms with Crippen molar-refractivity contribution in [3.8, 4) is 0 Å². The van der Waals surface area contributed by atoms with E-state index in [0.717, 1.165) is 19.3 Å². The maximum atomic E-state index is 12.7. The van der Waals surface area contributed by atoms with Crippen LogP contribution in [0.3, 0.4) is 0 Å². The third-order valence-corrected chi connectivity index (χ3v) is 5.68. The summed E-state index contributed by atoms with van der Waals surface area (Å²) < 4.78 is 5.28. The van der Waals surface area contributed by atoms with Crippen molar-refractivity contribution in [2.24, 2.45) is 17.8 Å². The Morgan fingerprint density at radius 2 is 1.61 bits per heavy atom. The zero-order valence-electron chi connectivity index (χ0n) is 19.6. The smallest absolute Gasteiger partial charge is 0.408 e. The molecular weight excluding hydrogens is 402 g/mol. The van der Waals surface area contributed by atoms with Crippen molar-refractivity contribution >= 4 is 23.9 Å². The molecule has 9 heteroatoms. The SMILES string of the molecule is CC[C@H](C)[C@@H](NC(=O)OC(C)(C)C)C(=O)NCC1CCC(C(=O)N[C@H](C)C(=O)O)CC1. The molecule has 178 valence electrons. The molecule has 9 nitrogen and oxygen atoms in total. The highest BCUT2D eigenvalue weighted by atomic mass is 16.6. The minimum Gasteiger partial charge on any atom is -0.480 e. The fourth-order valence-electron chi connectivity index (χ4n) is 3.51. The molecule has 3 amide bonds. The summed E-state index contributed by atoms with van der Waals surface area (Å²) in [5.41, 5.74) is -0.645. The minimum atomic E-state index is -1.05. The van der Waals surface area contributed by atoms with E-state index < -0.39 is 29.7 Å². The third-order valence-electron chi connectivity index (χ3n) is 5.68. The summed E-state index contributed by atoms with van der Waals surface area (Å²) in [5.74, 6) is -1.53. The lowest BCUT2D eigenvalue weighted by Gasteiger charge is -2.30. The van der Waals surface area contributed by atoms with Crippen LogP contribution in [0.1, 0.15) is 73.6 Å². The highest BCUT2D eigenvalue weighted by molar-refractivity contribution is 5.86. The van der Waals surface area contributed by atoms with Crippen LogP contribution in [0, 0.1) is 17.8 Å². The summed E-state index contributed by atoms with van der Waals surface area (Å²) in [7, 11) is 0. The van der Waals surface area contributed by atoms with Crippen molar-refractivity contribution in [1.82, 2.24) is 16.0 Å². The van der Waals surface area contributed by atoms with Crippen molar-refractivity contribution in [3.63, 3.8) is 0 Å². The molecule has 0 aromatic carbocycles. The predicted octanol–water partition coefficient (Wildman–Crippen LogP) is 2.44. The first-order valence-electron chi connectivity index (χ1n) is 11.1. The van der Waals surface area contributed by atoms with Gasteiger partial charge in [-0.1, -0.05) is 20.3 Å². The molecule has 1 aliphatic rings. The van der Waals surface area contributed by atoms with Gasteiger partial charge in [0.25, 0.3) is 0 Å². The summed E-state index contributed by atoms with van der Waals surface area (Å²) in [6, 6.07) is -1.58. The number of amides is 3. The number of hydrogen-bond donors (Lipinski definition) is 4. The molecular formula is C22H39N3O6. The van der Waals surface area contributed by atoms with Crippen LogP contribution in [0.25, 0.3) is 0 Å². The van der Waals surface area contributed by atoms with Gasteiger partial charge in [0.1, 0.15) is 17.7 Å². The van der Waals surface area contributed by atoms with Gasteiger partial charge in [-0.05, 0) is 65.2 Å². The van der Waals surface area contributed by atoms with Gasteiger partial charge in [-0.25, -0.2) is 4.79 Å². The molecule has 0 aliphatic heterocycles. The van der Waals surface area contributed by atoms with Crippen LogP contribution in [-0.2, 0) is 19.1 Å². The average molecular weight is 442 g/mol. The molecule has 0 heterocycles. The van der Waals surface area contributed by atoms with Crippen LogP contribution in [0.5, 0.6) is 0 Å². The van der Waals surface area contributed by atoms with Crippen molar-refractivity contribution in [3.05, 3.63) is 0 Å². The Morgan fingerprint density at radius 1 is 1.03 bits per heavy atom. The van der Waals surface area contributed by atoms with Gasteiger partial charge in [-0.2, -0.15) is 0 Å². The van der Waals surface area contributed by atoms with E-state index in [4.69, 9.17) is 9.84 Å². The van der Waals surface area contributed by atoms with Crippen LogP contribution >= 0.6 is 0 Å². The summed E-state index contributed by atoms with van der Waals surface area (Å²) >= 11 is 0. The van der Waals surface area contributed by atoms with Crippen LogP contribution < -0.4 is 16.0 Å². The second-order valence-corrected chi connectivity index (χ2v) is 9.54. The van der Waals surface area contributed by atoms with E-state index in [0.29, 0.717) is 19.4 Å². The van der Waals surface area contributed by atoms with E-state index in [9.17, 15) is 19.2 Å². The van der Waals surface area contributed by atoms with Crippen molar-refractivity contribution in [2.75, 3.05) is 6.54 Å². The summed E-state index contributed by atoms with van der Waals surface area (Å²) in [6.07, 6.45) is 2.96. The fourth-order valence-corrected chi connectivity index (χ4v) is 3.51. The molecule has 31 heavy (non-hydrogen) atoms. The maximum absolute atomic E-state index is 12.7. The molecule has 0 radical (unpaired) electrons. The molecule has 0 saturated heterocycles. The molecule has 0 spiro atoms. The first kappa shape index (κ1) is 26.7. The minimum absolute atomic E-state index is 0.0526.